The Morgan fingerprint density at radius 3 is 2.73 bits per heavy atom. The van der Waals surface area contributed by atoms with E-state index in [1.807, 2.05) is 30.3 Å². The summed E-state index contributed by atoms with van der Waals surface area (Å²) in [6, 6.07) is 9.71. The SMILES string of the molecule is Nc1ccc2cccc3c2c1C(=O)C=C3. The maximum Gasteiger partial charge on any atom is 0.188 e. The van der Waals surface area contributed by atoms with Crippen LogP contribution >= 0.6 is 0 Å². The Morgan fingerprint density at radius 1 is 1.00 bits per heavy atom. The van der Waals surface area contributed by atoms with E-state index in [1.54, 1.807) is 12.1 Å². The topological polar surface area (TPSA) is 43.1 Å². The van der Waals surface area contributed by atoms with Gasteiger partial charge in [-0.3, -0.25) is 4.79 Å². The van der Waals surface area contributed by atoms with Gasteiger partial charge in [-0.15, -0.1) is 0 Å². The Bertz CT molecular complexity index is 611. The molecule has 1 aliphatic carbocycles. The normalized spacial score (nSPS) is 13.5. The van der Waals surface area contributed by atoms with Crippen molar-refractivity contribution >= 4 is 28.3 Å². The lowest BCUT2D eigenvalue weighted by atomic mass is 9.91. The molecule has 2 heteroatoms. The first-order valence-corrected chi connectivity index (χ1v) is 4.81. The van der Waals surface area contributed by atoms with Crippen LogP contribution in [0.5, 0.6) is 0 Å². The van der Waals surface area contributed by atoms with Crippen LogP contribution in [0.2, 0.25) is 0 Å². The number of nitrogen functional groups attached to an aromatic ring is 1. The molecule has 72 valence electrons. The summed E-state index contributed by atoms with van der Waals surface area (Å²) in [5, 5.41) is 2.04. The highest BCUT2D eigenvalue weighted by Crippen LogP contribution is 2.31. The number of anilines is 1. The summed E-state index contributed by atoms with van der Waals surface area (Å²) < 4.78 is 0. The molecule has 0 bridgehead atoms. The van der Waals surface area contributed by atoms with Gasteiger partial charge in [0, 0.05) is 11.1 Å². The molecule has 0 fully saturated rings. The van der Waals surface area contributed by atoms with Crippen molar-refractivity contribution < 1.29 is 4.79 Å². The molecular weight excluding hydrogens is 186 g/mol. The van der Waals surface area contributed by atoms with E-state index in [0.29, 0.717) is 11.3 Å². The maximum absolute atomic E-state index is 11.7. The lowest BCUT2D eigenvalue weighted by Crippen LogP contribution is -2.05. The number of nitrogens with two attached hydrogens (primary N) is 1. The van der Waals surface area contributed by atoms with Crippen molar-refractivity contribution in [2.24, 2.45) is 0 Å². The summed E-state index contributed by atoms with van der Waals surface area (Å²) in [7, 11) is 0. The van der Waals surface area contributed by atoms with Crippen molar-refractivity contribution in [1.82, 2.24) is 0 Å². The van der Waals surface area contributed by atoms with Crippen LogP contribution in [0.1, 0.15) is 15.9 Å². The zero-order valence-electron chi connectivity index (χ0n) is 8.03. The van der Waals surface area contributed by atoms with Crippen LogP contribution in [0.3, 0.4) is 0 Å². The summed E-state index contributed by atoms with van der Waals surface area (Å²) in [6.07, 6.45) is 3.42. The highest BCUT2D eigenvalue weighted by molar-refractivity contribution is 6.22. The molecule has 0 aromatic heterocycles. The third-order valence-corrected chi connectivity index (χ3v) is 2.77. The number of hydrogen-bond donors (Lipinski definition) is 1. The van der Waals surface area contributed by atoms with Crippen molar-refractivity contribution in [3.8, 4) is 0 Å². The first-order valence-electron chi connectivity index (χ1n) is 4.81. The number of benzene rings is 2. The van der Waals surface area contributed by atoms with Gasteiger partial charge < -0.3 is 5.73 Å². The van der Waals surface area contributed by atoms with Gasteiger partial charge in [0.25, 0.3) is 0 Å². The summed E-state index contributed by atoms with van der Waals surface area (Å²) >= 11 is 0. The molecule has 0 radical (unpaired) electrons. The number of carbonyl (C=O) groups excluding carboxylic acids is 1. The fraction of sp³-hybridized carbons (Fsp3) is 0. The second-order valence-electron chi connectivity index (χ2n) is 3.67. The summed E-state index contributed by atoms with van der Waals surface area (Å²) in [4.78, 5) is 11.7. The van der Waals surface area contributed by atoms with E-state index in [-0.39, 0.29) is 5.78 Å². The summed E-state index contributed by atoms with van der Waals surface area (Å²) in [6.45, 7) is 0. The highest BCUT2D eigenvalue weighted by atomic mass is 16.1. The molecule has 0 amide bonds. The number of ketones is 1. The molecule has 1 aliphatic rings. The van der Waals surface area contributed by atoms with E-state index in [9.17, 15) is 4.79 Å². The minimum atomic E-state index is -0.00296. The smallest absolute Gasteiger partial charge is 0.188 e. The minimum Gasteiger partial charge on any atom is -0.398 e. The second kappa shape index (κ2) is 2.70. The average molecular weight is 195 g/mol. The minimum absolute atomic E-state index is 0.00296. The molecule has 0 spiro atoms. The van der Waals surface area contributed by atoms with Gasteiger partial charge in [-0.1, -0.05) is 30.3 Å². The quantitative estimate of drug-likeness (QED) is 0.656. The third kappa shape index (κ3) is 1.02. The molecule has 2 aromatic carbocycles. The van der Waals surface area contributed by atoms with Gasteiger partial charge in [-0.2, -0.15) is 0 Å². The highest BCUT2D eigenvalue weighted by Gasteiger charge is 2.16. The lowest BCUT2D eigenvalue weighted by molar-refractivity contribution is 0.104. The second-order valence-corrected chi connectivity index (χ2v) is 3.67. The van der Waals surface area contributed by atoms with Crippen molar-refractivity contribution in [1.29, 1.82) is 0 Å². The van der Waals surface area contributed by atoms with E-state index in [4.69, 9.17) is 5.73 Å². The Balaban J connectivity index is 2.60. The number of carbonyl (C=O) groups is 1. The van der Waals surface area contributed by atoms with Gasteiger partial charge in [-0.25, -0.2) is 0 Å². The van der Waals surface area contributed by atoms with Gasteiger partial charge in [0.05, 0.1) is 5.56 Å². The van der Waals surface area contributed by atoms with Gasteiger partial charge in [0.15, 0.2) is 5.78 Å². The first-order chi connectivity index (χ1) is 7.27. The van der Waals surface area contributed by atoms with E-state index in [1.165, 1.54) is 0 Å². The number of hydrogen-bond acceptors (Lipinski definition) is 2. The molecule has 0 saturated carbocycles. The molecule has 0 atom stereocenters. The molecule has 2 aromatic rings. The molecule has 0 saturated heterocycles. The largest absolute Gasteiger partial charge is 0.398 e. The van der Waals surface area contributed by atoms with Crippen molar-refractivity contribution in [2.75, 3.05) is 5.73 Å². The Kier molecular flexibility index (Phi) is 1.48. The zero-order chi connectivity index (χ0) is 10.4. The number of allylic oxidation sites excluding steroid dienone is 1. The van der Waals surface area contributed by atoms with Crippen molar-refractivity contribution in [2.45, 2.75) is 0 Å². The molecule has 0 unspecified atom stereocenters. The molecule has 2 N–H and O–H groups in total. The monoisotopic (exact) mass is 195 g/mol. The predicted octanol–water partition coefficient (Wildman–Crippen LogP) is 2.63. The van der Waals surface area contributed by atoms with Crippen molar-refractivity contribution in [3.05, 3.63) is 47.5 Å². The molecule has 15 heavy (non-hydrogen) atoms. The van der Waals surface area contributed by atoms with Crippen LogP contribution in [0.25, 0.3) is 16.8 Å². The average Bonchev–Trinajstić information content (AvgIpc) is 2.25. The standard InChI is InChI=1S/C13H9NO/c14-10-6-4-8-2-1-3-9-5-7-11(15)13(10)12(8)9/h1-7H,14H2. The van der Waals surface area contributed by atoms with Gasteiger partial charge >= 0.3 is 0 Å². The fourth-order valence-corrected chi connectivity index (χ4v) is 2.08. The van der Waals surface area contributed by atoms with Crippen LogP contribution in [-0.2, 0) is 0 Å². The van der Waals surface area contributed by atoms with E-state index in [2.05, 4.69) is 0 Å². The fourth-order valence-electron chi connectivity index (χ4n) is 2.08. The van der Waals surface area contributed by atoms with Crippen LogP contribution in [0.15, 0.2) is 36.4 Å². The Labute approximate surface area is 87.0 Å². The van der Waals surface area contributed by atoms with Crippen LogP contribution < -0.4 is 5.73 Å². The molecular formula is C13H9NO. The van der Waals surface area contributed by atoms with Gasteiger partial charge in [0.2, 0.25) is 0 Å². The van der Waals surface area contributed by atoms with Gasteiger partial charge in [-0.05, 0) is 23.1 Å². The predicted molar refractivity (Wildman–Crippen MR) is 61.7 cm³/mol. The molecule has 3 rings (SSSR count). The van der Waals surface area contributed by atoms with Crippen molar-refractivity contribution in [3.63, 3.8) is 0 Å². The van der Waals surface area contributed by atoms with E-state index < -0.39 is 0 Å². The van der Waals surface area contributed by atoms with Gasteiger partial charge in [0.1, 0.15) is 0 Å². The van der Waals surface area contributed by atoms with Crippen LogP contribution in [0, 0.1) is 0 Å². The van der Waals surface area contributed by atoms with E-state index in [0.717, 1.165) is 16.3 Å². The molecule has 0 heterocycles. The molecule has 0 aliphatic heterocycles. The Hall–Kier alpha value is -2.09. The first kappa shape index (κ1) is 8.24. The third-order valence-electron chi connectivity index (χ3n) is 2.77. The van der Waals surface area contributed by atoms with Crippen LogP contribution in [0.4, 0.5) is 5.69 Å². The summed E-state index contributed by atoms with van der Waals surface area (Å²) in [5.41, 5.74) is 8.10. The number of rotatable bonds is 0. The van der Waals surface area contributed by atoms with E-state index >= 15 is 0 Å². The zero-order valence-corrected chi connectivity index (χ0v) is 8.03. The maximum atomic E-state index is 11.7. The lowest BCUT2D eigenvalue weighted by Gasteiger charge is -2.13. The Morgan fingerprint density at radius 2 is 1.87 bits per heavy atom. The summed E-state index contributed by atoms with van der Waals surface area (Å²) in [5.74, 6) is -0.00296. The van der Waals surface area contributed by atoms with Crippen LogP contribution in [-0.4, -0.2) is 5.78 Å². The molecule has 2 nitrogen and oxygen atoms in total.